The molecule has 1 aliphatic rings. The van der Waals surface area contributed by atoms with E-state index >= 15 is 0 Å². The maximum atomic E-state index is 11.7. The van der Waals surface area contributed by atoms with E-state index in [0.29, 0.717) is 12.4 Å². The first kappa shape index (κ1) is 13.5. The van der Waals surface area contributed by atoms with Crippen LogP contribution in [0.25, 0.3) is 0 Å². The van der Waals surface area contributed by atoms with Gasteiger partial charge in [0.1, 0.15) is 11.9 Å². The molecule has 19 heavy (non-hydrogen) atoms. The molecular formula is C13H18N4O2. The van der Waals surface area contributed by atoms with E-state index in [4.69, 9.17) is 5.73 Å². The lowest BCUT2D eigenvalue weighted by Gasteiger charge is -2.34. The lowest BCUT2D eigenvalue weighted by molar-refractivity contribution is -0.132. The number of carbonyl (C=O) groups is 2. The van der Waals surface area contributed by atoms with Crippen LogP contribution in [0.2, 0.25) is 0 Å². The van der Waals surface area contributed by atoms with Crippen LogP contribution < -0.4 is 16.0 Å². The first-order chi connectivity index (χ1) is 8.93. The molecule has 0 spiro atoms. The van der Waals surface area contributed by atoms with Gasteiger partial charge < -0.3 is 10.6 Å². The smallest absolute Gasteiger partial charge is 0.249 e. The predicted octanol–water partition coefficient (Wildman–Crippen LogP) is 0.00844. The van der Waals surface area contributed by atoms with Gasteiger partial charge in [-0.25, -0.2) is 4.98 Å². The Morgan fingerprint density at radius 2 is 2.16 bits per heavy atom. The zero-order valence-corrected chi connectivity index (χ0v) is 11.4. The third-order valence-electron chi connectivity index (χ3n) is 3.35. The molecule has 6 nitrogen and oxygen atoms in total. The molecule has 1 fully saturated rings. The van der Waals surface area contributed by atoms with Crippen molar-refractivity contribution >= 4 is 17.6 Å². The molecule has 0 aliphatic carbocycles. The number of piperazine rings is 1. The number of hydrogen-bond donors (Lipinski definition) is 2. The highest BCUT2D eigenvalue weighted by atomic mass is 16.2. The standard InChI is InChI=1S/C13H18N4O2/c1-7-4-8(2)15-12(10(7)5-14)17-6-11(18)16-13(19)9(17)3/h4,9H,5-6,14H2,1-3H3,(H,16,18,19). The van der Waals surface area contributed by atoms with E-state index in [-0.39, 0.29) is 18.4 Å². The van der Waals surface area contributed by atoms with Crippen molar-refractivity contribution in [1.82, 2.24) is 10.3 Å². The predicted molar refractivity (Wildman–Crippen MR) is 71.6 cm³/mol. The maximum Gasteiger partial charge on any atom is 0.249 e. The molecule has 0 bridgehead atoms. The molecule has 2 rings (SSSR count). The van der Waals surface area contributed by atoms with Crippen molar-refractivity contribution in [3.8, 4) is 0 Å². The zero-order valence-electron chi connectivity index (χ0n) is 11.4. The van der Waals surface area contributed by atoms with Crippen LogP contribution in [-0.2, 0) is 16.1 Å². The molecule has 1 atom stereocenters. The van der Waals surface area contributed by atoms with E-state index in [1.54, 1.807) is 11.8 Å². The van der Waals surface area contributed by atoms with Gasteiger partial charge in [0, 0.05) is 17.8 Å². The average molecular weight is 262 g/mol. The number of aromatic nitrogens is 1. The second-order valence-corrected chi connectivity index (χ2v) is 4.80. The van der Waals surface area contributed by atoms with Crippen LogP contribution in [0.15, 0.2) is 6.07 Å². The molecule has 0 radical (unpaired) electrons. The number of nitrogens with one attached hydrogen (secondary N) is 1. The minimum atomic E-state index is -0.434. The first-order valence-electron chi connectivity index (χ1n) is 6.21. The minimum absolute atomic E-state index is 0.121. The quantitative estimate of drug-likeness (QED) is 0.733. The normalized spacial score (nSPS) is 19.6. The van der Waals surface area contributed by atoms with Crippen molar-refractivity contribution < 1.29 is 9.59 Å². The number of amides is 2. The summed E-state index contributed by atoms with van der Waals surface area (Å²) < 4.78 is 0. The SMILES string of the molecule is Cc1cc(C)c(CN)c(N2CC(=O)NC(=O)C2C)n1. The number of carbonyl (C=O) groups excluding carboxylic acids is 2. The number of rotatable bonds is 2. The van der Waals surface area contributed by atoms with Gasteiger partial charge in [0.05, 0.1) is 6.54 Å². The van der Waals surface area contributed by atoms with Gasteiger partial charge in [0.15, 0.2) is 0 Å². The van der Waals surface area contributed by atoms with Crippen LogP contribution in [0.5, 0.6) is 0 Å². The van der Waals surface area contributed by atoms with Gasteiger partial charge in [-0.2, -0.15) is 0 Å². The Morgan fingerprint density at radius 3 is 2.79 bits per heavy atom. The molecule has 1 aromatic rings. The van der Waals surface area contributed by atoms with Crippen molar-refractivity contribution in [1.29, 1.82) is 0 Å². The number of anilines is 1. The summed E-state index contributed by atoms with van der Waals surface area (Å²) in [5, 5.41) is 2.32. The Kier molecular flexibility index (Phi) is 3.53. The molecule has 1 aromatic heterocycles. The second kappa shape index (κ2) is 4.97. The first-order valence-corrected chi connectivity index (χ1v) is 6.21. The van der Waals surface area contributed by atoms with Gasteiger partial charge in [-0.15, -0.1) is 0 Å². The largest absolute Gasteiger partial charge is 0.335 e. The third kappa shape index (κ3) is 2.44. The number of hydrogen-bond acceptors (Lipinski definition) is 5. The lowest BCUT2D eigenvalue weighted by Crippen LogP contribution is -2.57. The van der Waals surface area contributed by atoms with E-state index in [1.807, 2.05) is 19.9 Å². The average Bonchev–Trinajstić information content (AvgIpc) is 2.33. The summed E-state index contributed by atoms with van der Waals surface area (Å²) in [6.07, 6.45) is 0. The Morgan fingerprint density at radius 1 is 1.47 bits per heavy atom. The second-order valence-electron chi connectivity index (χ2n) is 4.80. The van der Waals surface area contributed by atoms with Crippen LogP contribution in [0.1, 0.15) is 23.7 Å². The van der Waals surface area contributed by atoms with E-state index in [0.717, 1.165) is 16.8 Å². The fourth-order valence-corrected chi connectivity index (χ4v) is 2.31. The number of aryl methyl sites for hydroxylation is 2. The van der Waals surface area contributed by atoms with Crippen LogP contribution in [0, 0.1) is 13.8 Å². The van der Waals surface area contributed by atoms with E-state index in [2.05, 4.69) is 10.3 Å². The van der Waals surface area contributed by atoms with Crippen LogP contribution in [0.3, 0.4) is 0 Å². The minimum Gasteiger partial charge on any atom is -0.335 e. The Bertz CT molecular complexity index is 542. The lowest BCUT2D eigenvalue weighted by atomic mass is 10.1. The van der Waals surface area contributed by atoms with Crippen molar-refractivity contribution in [3.63, 3.8) is 0 Å². The van der Waals surface area contributed by atoms with E-state index in [1.165, 1.54) is 0 Å². The molecule has 1 aliphatic heterocycles. The third-order valence-corrected chi connectivity index (χ3v) is 3.35. The van der Waals surface area contributed by atoms with E-state index in [9.17, 15) is 9.59 Å². The monoisotopic (exact) mass is 262 g/mol. The molecule has 1 unspecified atom stereocenters. The van der Waals surface area contributed by atoms with Gasteiger partial charge in [-0.05, 0) is 32.4 Å². The highest BCUT2D eigenvalue weighted by Gasteiger charge is 2.32. The van der Waals surface area contributed by atoms with Gasteiger partial charge in [-0.3, -0.25) is 14.9 Å². The molecule has 0 saturated carbocycles. The van der Waals surface area contributed by atoms with E-state index < -0.39 is 6.04 Å². The van der Waals surface area contributed by atoms with Crippen LogP contribution >= 0.6 is 0 Å². The number of nitrogens with zero attached hydrogens (tertiary/aromatic N) is 2. The molecule has 6 heteroatoms. The van der Waals surface area contributed by atoms with Gasteiger partial charge in [-0.1, -0.05) is 0 Å². The van der Waals surface area contributed by atoms with Crippen molar-refractivity contribution in [2.24, 2.45) is 5.73 Å². The topological polar surface area (TPSA) is 88.3 Å². The van der Waals surface area contributed by atoms with Gasteiger partial charge >= 0.3 is 0 Å². The summed E-state index contributed by atoms with van der Waals surface area (Å²) in [4.78, 5) is 29.4. The summed E-state index contributed by atoms with van der Waals surface area (Å²) in [7, 11) is 0. The summed E-state index contributed by atoms with van der Waals surface area (Å²) in [6.45, 7) is 6.04. The van der Waals surface area contributed by atoms with Crippen molar-refractivity contribution in [2.45, 2.75) is 33.4 Å². The molecule has 1 saturated heterocycles. The number of imide groups is 1. The van der Waals surface area contributed by atoms with Gasteiger partial charge in [0.25, 0.3) is 0 Å². The number of nitrogens with two attached hydrogens (primary N) is 1. The Hall–Kier alpha value is -1.95. The molecular weight excluding hydrogens is 244 g/mol. The van der Waals surface area contributed by atoms with Crippen molar-refractivity contribution in [3.05, 3.63) is 22.9 Å². The molecule has 2 amide bonds. The van der Waals surface area contributed by atoms with Crippen LogP contribution in [0.4, 0.5) is 5.82 Å². The maximum absolute atomic E-state index is 11.7. The molecule has 0 aromatic carbocycles. The summed E-state index contributed by atoms with van der Waals surface area (Å²) >= 11 is 0. The molecule has 2 heterocycles. The Balaban J connectivity index is 2.50. The molecule has 3 N–H and O–H groups in total. The fourth-order valence-electron chi connectivity index (χ4n) is 2.31. The zero-order chi connectivity index (χ0) is 14.2. The highest BCUT2D eigenvalue weighted by molar-refractivity contribution is 6.04. The molecule has 102 valence electrons. The van der Waals surface area contributed by atoms with Crippen molar-refractivity contribution in [2.75, 3.05) is 11.4 Å². The summed E-state index contributed by atoms with van der Waals surface area (Å²) in [6, 6.07) is 1.51. The van der Waals surface area contributed by atoms with Gasteiger partial charge in [0.2, 0.25) is 11.8 Å². The highest BCUT2D eigenvalue weighted by Crippen LogP contribution is 2.25. The summed E-state index contributed by atoms with van der Waals surface area (Å²) in [5.74, 6) is 0.0166. The number of pyridine rings is 1. The Labute approximate surface area is 112 Å². The summed E-state index contributed by atoms with van der Waals surface area (Å²) in [5.41, 5.74) is 8.51. The van der Waals surface area contributed by atoms with Crippen LogP contribution in [-0.4, -0.2) is 29.4 Å². The fraction of sp³-hybridized carbons (Fsp3) is 0.462.